The smallest absolute Gasteiger partial charge is 0.224 e. The molecule has 0 aliphatic rings. The molecule has 1 aromatic heterocycles. The molecule has 0 amide bonds. The molecule has 128 valence electrons. The minimum atomic E-state index is 0.216. The Bertz CT molecular complexity index is 784. The Labute approximate surface area is 148 Å². The molecule has 0 aliphatic heterocycles. The van der Waals surface area contributed by atoms with Crippen LogP contribution in [0.3, 0.4) is 0 Å². The molecule has 2 aromatic carbocycles. The summed E-state index contributed by atoms with van der Waals surface area (Å²) in [7, 11) is 8.02. The van der Waals surface area contributed by atoms with Gasteiger partial charge in [0.25, 0.3) is 0 Å². The number of hydrogen-bond donors (Lipinski definition) is 1. The third kappa shape index (κ3) is 3.68. The van der Waals surface area contributed by atoms with E-state index in [1.54, 1.807) is 0 Å². The first-order chi connectivity index (χ1) is 11.9. The normalized spacial score (nSPS) is 10.6. The van der Waals surface area contributed by atoms with Crippen LogP contribution in [-0.4, -0.2) is 43.1 Å². The minimum Gasteiger partial charge on any atom is -0.378 e. The Hall–Kier alpha value is -3.15. The molecule has 0 bridgehead atoms. The first-order valence-electron chi connectivity index (χ1n) is 8.01. The molecule has 6 heteroatoms. The number of hydrogen-bond acceptors (Lipinski definition) is 6. The fourth-order valence-corrected chi connectivity index (χ4v) is 2.47. The van der Waals surface area contributed by atoms with Crippen molar-refractivity contribution in [3.05, 3.63) is 48.5 Å². The largest absolute Gasteiger partial charge is 0.378 e. The van der Waals surface area contributed by atoms with Gasteiger partial charge in [-0.15, -0.1) is 0 Å². The summed E-state index contributed by atoms with van der Waals surface area (Å²) < 4.78 is 0. The lowest BCUT2D eigenvalue weighted by Gasteiger charge is -2.13. The summed E-state index contributed by atoms with van der Waals surface area (Å²) in [6.07, 6.45) is 0. The predicted octanol–water partition coefficient (Wildman–Crippen LogP) is 2.92. The fourth-order valence-electron chi connectivity index (χ4n) is 2.47. The number of benzene rings is 2. The standard InChI is InChI=1S/C19H22N6/c1-24(2)15-9-5-13(6-10-15)17-21-18(23-19(20)22-17)14-7-11-16(12-8-14)25(3)4/h5-12H,1-4H3,(H2,20,21,22,23). The second-order valence-corrected chi connectivity index (χ2v) is 6.22. The van der Waals surface area contributed by atoms with Crippen LogP contribution in [0.25, 0.3) is 22.8 Å². The van der Waals surface area contributed by atoms with E-state index in [4.69, 9.17) is 5.73 Å². The van der Waals surface area contributed by atoms with Gasteiger partial charge in [-0.2, -0.15) is 9.97 Å². The average Bonchev–Trinajstić information content (AvgIpc) is 2.61. The minimum absolute atomic E-state index is 0.216. The number of nitrogens with zero attached hydrogens (tertiary/aromatic N) is 5. The monoisotopic (exact) mass is 334 g/mol. The maximum absolute atomic E-state index is 5.91. The van der Waals surface area contributed by atoms with Crippen molar-refractivity contribution in [3.63, 3.8) is 0 Å². The van der Waals surface area contributed by atoms with E-state index < -0.39 is 0 Å². The summed E-state index contributed by atoms with van der Waals surface area (Å²) >= 11 is 0. The van der Waals surface area contributed by atoms with Gasteiger partial charge in [0.1, 0.15) is 0 Å². The Morgan fingerprint density at radius 1 is 0.600 bits per heavy atom. The Morgan fingerprint density at radius 2 is 0.960 bits per heavy atom. The van der Waals surface area contributed by atoms with Crippen molar-refractivity contribution in [1.29, 1.82) is 0 Å². The number of rotatable bonds is 4. The molecule has 3 aromatic rings. The number of nitrogens with two attached hydrogens (primary N) is 1. The molecule has 3 rings (SSSR count). The molecule has 0 aliphatic carbocycles. The van der Waals surface area contributed by atoms with Gasteiger partial charge in [0.15, 0.2) is 11.6 Å². The zero-order valence-electron chi connectivity index (χ0n) is 14.9. The molecule has 6 nitrogen and oxygen atoms in total. The molecule has 0 spiro atoms. The molecule has 0 fully saturated rings. The van der Waals surface area contributed by atoms with E-state index in [1.165, 1.54) is 0 Å². The molecule has 2 N–H and O–H groups in total. The van der Waals surface area contributed by atoms with Gasteiger partial charge in [0, 0.05) is 50.7 Å². The highest BCUT2D eigenvalue weighted by Gasteiger charge is 2.09. The van der Waals surface area contributed by atoms with Crippen LogP contribution in [0, 0.1) is 0 Å². The molecular weight excluding hydrogens is 312 g/mol. The number of aromatic nitrogens is 3. The highest BCUT2D eigenvalue weighted by atomic mass is 15.1. The van der Waals surface area contributed by atoms with Crippen molar-refractivity contribution < 1.29 is 0 Å². The van der Waals surface area contributed by atoms with Crippen LogP contribution < -0.4 is 15.5 Å². The van der Waals surface area contributed by atoms with Crippen molar-refractivity contribution in [3.8, 4) is 22.8 Å². The zero-order chi connectivity index (χ0) is 18.0. The summed E-state index contributed by atoms with van der Waals surface area (Å²) in [6, 6.07) is 16.1. The molecular formula is C19H22N6. The molecule has 0 unspecified atom stereocenters. The highest BCUT2D eigenvalue weighted by Crippen LogP contribution is 2.24. The second kappa shape index (κ2) is 6.76. The Morgan fingerprint density at radius 3 is 1.28 bits per heavy atom. The summed E-state index contributed by atoms with van der Waals surface area (Å²) in [5.74, 6) is 1.36. The van der Waals surface area contributed by atoms with E-state index in [0.717, 1.165) is 22.5 Å². The Kier molecular flexibility index (Phi) is 4.52. The van der Waals surface area contributed by atoms with Gasteiger partial charge in [0.2, 0.25) is 5.95 Å². The third-order valence-electron chi connectivity index (χ3n) is 3.94. The van der Waals surface area contributed by atoms with Crippen molar-refractivity contribution in [1.82, 2.24) is 15.0 Å². The number of nitrogen functional groups attached to an aromatic ring is 1. The third-order valence-corrected chi connectivity index (χ3v) is 3.94. The summed E-state index contributed by atoms with van der Waals surface area (Å²) in [4.78, 5) is 17.3. The maximum Gasteiger partial charge on any atom is 0.224 e. The summed E-state index contributed by atoms with van der Waals surface area (Å²) in [5.41, 5.74) is 9.96. The van der Waals surface area contributed by atoms with Crippen molar-refractivity contribution >= 4 is 17.3 Å². The van der Waals surface area contributed by atoms with Crippen LogP contribution in [0.5, 0.6) is 0 Å². The lowest BCUT2D eigenvalue weighted by molar-refractivity contribution is 1.08. The van der Waals surface area contributed by atoms with E-state index in [2.05, 4.69) is 15.0 Å². The first-order valence-corrected chi connectivity index (χ1v) is 8.01. The van der Waals surface area contributed by atoms with Gasteiger partial charge in [0.05, 0.1) is 0 Å². The molecule has 25 heavy (non-hydrogen) atoms. The molecule has 0 saturated heterocycles. The van der Waals surface area contributed by atoms with Gasteiger partial charge in [-0.1, -0.05) is 0 Å². The van der Waals surface area contributed by atoms with Crippen molar-refractivity contribution in [2.75, 3.05) is 43.7 Å². The fraction of sp³-hybridized carbons (Fsp3) is 0.211. The second-order valence-electron chi connectivity index (χ2n) is 6.22. The van der Waals surface area contributed by atoms with Crippen LogP contribution in [-0.2, 0) is 0 Å². The van der Waals surface area contributed by atoms with Gasteiger partial charge in [-0.3, -0.25) is 0 Å². The van der Waals surface area contributed by atoms with Gasteiger partial charge in [-0.05, 0) is 48.5 Å². The van der Waals surface area contributed by atoms with Crippen LogP contribution >= 0.6 is 0 Å². The van der Waals surface area contributed by atoms with Crippen molar-refractivity contribution in [2.24, 2.45) is 0 Å². The molecule has 0 atom stereocenters. The lowest BCUT2D eigenvalue weighted by Crippen LogP contribution is -2.08. The van der Waals surface area contributed by atoms with Crippen molar-refractivity contribution in [2.45, 2.75) is 0 Å². The molecule has 0 radical (unpaired) electrons. The van der Waals surface area contributed by atoms with E-state index in [0.29, 0.717) is 11.6 Å². The SMILES string of the molecule is CN(C)c1ccc(-c2nc(N)nc(-c3ccc(N(C)C)cc3)n2)cc1. The van der Waals surface area contributed by atoms with E-state index >= 15 is 0 Å². The summed E-state index contributed by atoms with van der Waals surface area (Å²) in [5, 5.41) is 0. The van der Waals surface area contributed by atoms with Gasteiger partial charge in [-0.25, -0.2) is 4.98 Å². The highest BCUT2D eigenvalue weighted by molar-refractivity contribution is 5.66. The Balaban J connectivity index is 1.97. The van der Waals surface area contributed by atoms with Crippen LogP contribution in [0.1, 0.15) is 0 Å². The zero-order valence-corrected chi connectivity index (χ0v) is 14.9. The van der Waals surface area contributed by atoms with Crippen LogP contribution in [0.4, 0.5) is 17.3 Å². The quantitative estimate of drug-likeness (QED) is 0.791. The van der Waals surface area contributed by atoms with Gasteiger partial charge >= 0.3 is 0 Å². The number of anilines is 3. The molecule has 1 heterocycles. The maximum atomic E-state index is 5.91. The molecule has 0 saturated carbocycles. The topological polar surface area (TPSA) is 71.2 Å². The van der Waals surface area contributed by atoms with E-state index in [9.17, 15) is 0 Å². The first kappa shape index (κ1) is 16.7. The van der Waals surface area contributed by atoms with E-state index in [1.807, 2.05) is 86.5 Å². The average molecular weight is 334 g/mol. The predicted molar refractivity (Wildman–Crippen MR) is 104 cm³/mol. The van der Waals surface area contributed by atoms with Crippen LogP contribution in [0.15, 0.2) is 48.5 Å². The van der Waals surface area contributed by atoms with Crippen LogP contribution in [0.2, 0.25) is 0 Å². The summed E-state index contributed by atoms with van der Waals surface area (Å²) in [6.45, 7) is 0. The van der Waals surface area contributed by atoms with E-state index in [-0.39, 0.29) is 5.95 Å². The van der Waals surface area contributed by atoms with Gasteiger partial charge < -0.3 is 15.5 Å². The lowest BCUT2D eigenvalue weighted by atomic mass is 10.1.